The van der Waals surface area contributed by atoms with Gasteiger partial charge >= 0.3 is 6.09 Å². The molecule has 2 saturated carbocycles. The highest BCUT2D eigenvalue weighted by Gasteiger charge is 2.54. The average molecular weight is 268 g/mol. The van der Waals surface area contributed by atoms with E-state index in [1.54, 1.807) is 0 Å². The zero-order valence-corrected chi connectivity index (χ0v) is 12.7. The lowest BCUT2D eigenvalue weighted by Gasteiger charge is -2.31. The first-order valence-corrected chi connectivity index (χ1v) is 7.57. The van der Waals surface area contributed by atoms with Gasteiger partial charge in [-0.2, -0.15) is 0 Å². The third-order valence-electron chi connectivity index (χ3n) is 4.34. The van der Waals surface area contributed by atoms with Crippen LogP contribution < -0.4 is 10.6 Å². The number of rotatable bonds is 3. The predicted molar refractivity (Wildman–Crippen MR) is 76.1 cm³/mol. The van der Waals surface area contributed by atoms with Gasteiger partial charge in [0.15, 0.2) is 0 Å². The molecule has 2 rings (SSSR count). The number of alkyl carbamates (subject to hydrolysis) is 1. The molecule has 4 heteroatoms. The van der Waals surface area contributed by atoms with Gasteiger partial charge in [-0.25, -0.2) is 4.79 Å². The molecule has 1 atom stereocenters. The van der Waals surface area contributed by atoms with E-state index in [2.05, 4.69) is 17.6 Å². The summed E-state index contributed by atoms with van der Waals surface area (Å²) in [6, 6.07) is 1.02. The fourth-order valence-electron chi connectivity index (χ4n) is 3.25. The molecule has 0 aliphatic heterocycles. The fourth-order valence-corrected chi connectivity index (χ4v) is 3.25. The Kier molecular flexibility index (Phi) is 4.09. The van der Waals surface area contributed by atoms with Crippen molar-refractivity contribution in [2.24, 2.45) is 5.41 Å². The van der Waals surface area contributed by atoms with Crippen molar-refractivity contribution in [3.05, 3.63) is 0 Å². The van der Waals surface area contributed by atoms with Crippen LogP contribution in [0.2, 0.25) is 0 Å². The van der Waals surface area contributed by atoms with Crippen LogP contribution >= 0.6 is 0 Å². The molecule has 1 spiro atoms. The highest BCUT2D eigenvalue weighted by Crippen LogP contribution is 2.56. The molecule has 110 valence electrons. The Morgan fingerprint density at radius 1 is 1.32 bits per heavy atom. The van der Waals surface area contributed by atoms with Gasteiger partial charge in [-0.05, 0) is 64.8 Å². The van der Waals surface area contributed by atoms with Crippen LogP contribution in [0.15, 0.2) is 0 Å². The number of carbonyl (C=O) groups is 1. The summed E-state index contributed by atoms with van der Waals surface area (Å²) in [6.07, 6.45) is 5.67. The van der Waals surface area contributed by atoms with E-state index in [4.69, 9.17) is 4.74 Å². The minimum absolute atomic E-state index is 0.271. The van der Waals surface area contributed by atoms with E-state index < -0.39 is 5.60 Å². The molecule has 1 amide bonds. The first-order chi connectivity index (χ1) is 8.85. The second-order valence-corrected chi connectivity index (χ2v) is 7.10. The summed E-state index contributed by atoms with van der Waals surface area (Å²) in [4.78, 5) is 11.7. The van der Waals surface area contributed by atoms with Gasteiger partial charge in [0.2, 0.25) is 0 Å². The molecule has 0 heterocycles. The Bertz CT molecular complexity index is 328. The zero-order chi connectivity index (χ0) is 14.1. The van der Waals surface area contributed by atoms with E-state index in [1.165, 1.54) is 19.3 Å². The van der Waals surface area contributed by atoms with Crippen LogP contribution in [-0.2, 0) is 4.74 Å². The van der Waals surface area contributed by atoms with Gasteiger partial charge in [0.25, 0.3) is 0 Å². The van der Waals surface area contributed by atoms with Gasteiger partial charge in [0.1, 0.15) is 5.60 Å². The molecule has 0 bridgehead atoms. The van der Waals surface area contributed by atoms with Gasteiger partial charge in [0.05, 0.1) is 0 Å². The molecular weight excluding hydrogens is 240 g/mol. The molecule has 0 radical (unpaired) electrons. The zero-order valence-electron chi connectivity index (χ0n) is 12.7. The molecule has 1 unspecified atom stereocenters. The molecular formula is C15H28N2O2. The standard InChI is InChI=1S/C15H28N2O2/c1-5-16-12-10-15(12)8-6-11(7-9-15)17-13(18)19-14(2,3)4/h11-12,16H,5-10H2,1-4H3,(H,17,18). The predicted octanol–water partition coefficient (Wildman–Crippen LogP) is 2.82. The van der Waals surface area contributed by atoms with Crippen molar-refractivity contribution < 1.29 is 9.53 Å². The van der Waals surface area contributed by atoms with Gasteiger partial charge in [0, 0.05) is 12.1 Å². The summed E-state index contributed by atoms with van der Waals surface area (Å²) >= 11 is 0. The van der Waals surface area contributed by atoms with Crippen LogP contribution in [0.25, 0.3) is 0 Å². The summed E-state index contributed by atoms with van der Waals surface area (Å²) in [5.41, 5.74) is 0.134. The van der Waals surface area contributed by atoms with Crippen molar-refractivity contribution >= 4 is 6.09 Å². The molecule has 2 N–H and O–H groups in total. The molecule has 4 nitrogen and oxygen atoms in total. The Morgan fingerprint density at radius 2 is 1.95 bits per heavy atom. The normalized spacial score (nSPS) is 34.1. The number of ether oxygens (including phenoxy) is 1. The van der Waals surface area contributed by atoms with Crippen molar-refractivity contribution in [1.29, 1.82) is 0 Å². The molecule has 2 aliphatic carbocycles. The molecule has 2 aliphatic rings. The van der Waals surface area contributed by atoms with Gasteiger partial charge in [-0.3, -0.25) is 0 Å². The maximum absolute atomic E-state index is 11.7. The van der Waals surface area contributed by atoms with Crippen molar-refractivity contribution in [1.82, 2.24) is 10.6 Å². The maximum Gasteiger partial charge on any atom is 0.407 e. The number of hydrogen-bond donors (Lipinski definition) is 2. The molecule has 0 aromatic carbocycles. The van der Waals surface area contributed by atoms with Crippen LogP contribution in [0.5, 0.6) is 0 Å². The van der Waals surface area contributed by atoms with Crippen LogP contribution in [0.1, 0.15) is 59.8 Å². The van der Waals surface area contributed by atoms with Gasteiger partial charge in [-0.15, -0.1) is 0 Å². The van der Waals surface area contributed by atoms with Crippen LogP contribution in [0.3, 0.4) is 0 Å². The Morgan fingerprint density at radius 3 is 2.47 bits per heavy atom. The fraction of sp³-hybridized carbons (Fsp3) is 0.933. The highest BCUT2D eigenvalue weighted by molar-refractivity contribution is 5.68. The smallest absolute Gasteiger partial charge is 0.407 e. The first kappa shape index (κ1) is 14.6. The minimum atomic E-state index is -0.410. The van der Waals surface area contributed by atoms with Crippen LogP contribution in [0.4, 0.5) is 4.79 Å². The Balaban J connectivity index is 1.71. The van der Waals surface area contributed by atoms with E-state index in [9.17, 15) is 4.79 Å². The quantitative estimate of drug-likeness (QED) is 0.827. The second kappa shape index (κ2) is 5.31. The maximum atomic E-state index is 11.7. The van der Waals surface area contributed by atoms with Crippen molar-refractivity contribution in [3.63, 3.8) is 0 Å². The lowest BCUT2D eigenvalue weighted by molar-refractivity contribution is 0.0484. The van der Waals surface area contributed by atoms with E-state index in [1.807, 2.05) is 20.8 Å². The van der Waals surface area contributed by atoms with Crippen molar-refractivity contribution in [2.75, 3.05) is 6.54 Å². The summed E-state index contributed by atoms with van der Waals surface area (Å²) < 4.78 is 5.31. The van der Waals surface area contributed by atoms with Crippen LogP contribution in [-0.4, -0.2) is 30.3 Å². The lowest BCUT2D eigenvalue weighted by Crippen LogP contribution is -2.41. The molecule has 0 aromatic heterocycles. The van der Waals surface area contributed by atoms with Crippen molar-refractivity contribution in [3.8, 4) is 0 Å². The van der Waals surface area contributed by atoms with Crippen molar-refractivity contribution in [2.45, 2.75) is 77.5 Å². The molecule has 0 aromatic rings. The van der Waals surface area contributed by atoms with Crippen LogP contribution in [0, 0.1) is 5.41 Å². The van der Waals surface area contributed by atoms with E-state index in [0.29, 0.717) is 11.5 Å². The Hall–Kier alpha value is -0.770. The van der Waals surface area contributed by atoms with Gasteiger partial charge < -0.3 is 15.4 Å². The molecule has 2 fully saturated rings. The van der Waals surface area contributed by atoms with E-state index in [-0.39, 0.29) is 6.09 Å². The summed E-state index contributed by atoms with van der Waals surface area (Å²) in [5, 5.41) is 6.56. The number of hydrogen-bond acceptors (Lipinski definition) is 3. The summed E-state index contributed by atoms with van der Waals surface area (Å²) in [6.45, 7) is 8.92. The second-order valence-electron chi connectivity index (χ2n) is 7.10. The number of amides is 1. The molecule has 0 saturated heterocycles. The van der Waals surface area contributed by atoms with E-state index in [0.717, 1.165) is 25.4 Å². The third kappa shape index (κ3) is 3.85. The minimum Gasteiger partial charge on any atom is -0.444 e. The number of nitrogens with one attached hydrogen (secondary N) is 2. The summed E-state index contributed by atoms with van der Waals surface area (Å²) in [5.74, 6) is 0. The van der Waals surface area contributed by atoms with E-state index >= 15 is 0 Å². The largest absolute Gasteiger partial charge is 0.444 e. The third-order valence-corrected chi connectivity index (χ3v) is 4.34. The number of carbonyl (C=O) groups excluding carboxylic acids is 1. The topological polar surface area (TPSA) is 50.4 Å². The SMILES string of the molecule is CCNC1CC12CCC(NC(=O)OC(C)(C)C)CC2. The lowest BCUT2D eigenvalue weighted by atomic mass is 9.83. The average Bonchev–Trinajstić information content (AvgIpc) is 2.93. The first-order valence-electron chi connectivity index (χ1n) is 7.57. The monoisotopic (exact) mass is 268 g/mol. The summed E-state index contributed by atoms with van der Waals surface area (Å²) in [7, 11) is 0. The Labute approximate surface area is 116 Å². The highest BCUT2D eigenvalue weighted by atomic mass is 16.6. The van der Waals surface area contributed by atoms with Gasteiger partial charge in [-0.1, -0.05) is 6.92 Å². The molecule has 19 heavy (non-hydrogen) atoms.